The van der Waals surface area contributed by atoms with Gasteiger partial charge >= 0.3 is 6.09 Å². The highest BCUT2D eigenvalue weighted by Crippen LogP contribution is 2.44. The number of para-hydroxylation sites is 1. The van der Waals surface area contributed by atoms with Crippen LogP contribution in [-0.2, 0) is 4.74 Å². The second-order valence-corrected chi connectivity index (χ2v) is 7.87. The lowest BCUT2D eigenvalue weighted by Crippen LogP contribution is -2.17. The SMILES string of the molecule is Cc1nc(-c2cn(C(=O)OCC3c4ccccc4-c4ccccc43)c3ccccc23)no1. The molecular formula is C26H19N3O3. The van der Waals surface area contributed by atoms with Gasteiger partial charge < -0.3 is 9.26 Å². The van der Waals surface area contributed by atoms with E-state index in [9.17, 15) is 4.79 Å². The number of fused-ring (bicyclic) bond motifs is 4. The maximum absolute atomic E-state index is 13.2. The average molecular weight is 421 g/mol. The summed E-state index contributed by atoms with van der Waals surface area (Å²) in [7, 11) is 0. The third-order valence-corrected chi connectivity index (χ3v) is 6.01. The molecule has 156 valence electrons. The first-order valence-corrected chi connectivity index (χ1v) is 10.5. The summed E-state index contributed by atoms with van der Waals surface area (Å²) in [6.45, 7) is 2.00. The zero-order chi connectivity index (χ0) is 21.7. The van der Waals surface area contributed by atoms with Crippen LogP contribution in [0.4, 0.5) is 4.79 Å². The van der Waals surface area contributed by atoms with Gasteiger partial charge in [-0.1, -0.05) is 71.9 Å². The van der Waals surface area contributed by atoms with Crippen LogP contribution in [0.15, 0.2) is 83.5 Å². The zero-order valence-electron chi connectivity index (χ0n) is 17.4. The Balaban J connectivity index is 1.33. The van der Waals surface area contributed by atoms with Crippen LogP contribution in [0.3, 0.4) is 0 Å². The molecule has 6 rings (SSSR count). The first-order valence-electron chi connectivity index (χ1n) is 10.5. The number of hydrogen-bond acceptors (Lipinski definition) is 5. The summed E-state index contributed by atoms with van der Waals surface area (Å²) < 4.78 is 12.5. The van der Waals surface area contributed by atoms with E-state index in [1.165, 1.54) is 26.8 Å². The van der Waals surface area contributed by atoms with Crippen LogP contribution in [-0.4, -0.2) is 27.4 Å². The molecule has 1 aliphatic carbocycles. The highest BCUT2D eigenvalue weighted by atomic mass is 16.5. The smallest absolute Gasteiger partial charge is 0.418 e. The van der Waals surface area contributed by atoms with E-state index >= 15 is 0 Å². The molecule has 0 radical (unpaired) electrons. The molecule has 0 amide bonds. The molecule has 0 N–H and O–H groups in total. The fourth-order valence-corrected chi connectivity index (χ4v) is 4.58. The Morgan fingerprint density at radius 1 is 0.938 bits per heavy atom. The summed E-state index contributed by atoms with van der Waals surface area (Å²) in [5.41, 5.74) is 6.23. The van der Waals surface area contributed by atoms with Crippen molar-refractivity contribution in [1.29, 1.82) is 0 Å². The summed E-state index contributed by atoms with van der Waals surface area (Å²) in [5.74, 6) is 0.925. The van der Waals surface area contributed by atoms with Gasteiger partial charge in [0.1, 0.15) is 6.61 Å². The Bertz CT molecular complexity index is 1440. The Kier molecular flexibility index (Phi) is 4.18. The first-order chi connectivity index (χ1) is 15.7. The van der Waals surface area contributed by atoms with E-state index < -0.39 is 6.09 Å². The Morgan fingerprint density at radius 2 is 1.59 bits per heavy atom. The van der Waals surface area contributed by atoms with Crippen molar-refractivity contribution >= 4 is 17.0 Å². The van der Waals surface area contributed by atoms with Crippen LogP contribution in [0.5, 0.6) is 0 Å². The molecule has 32 heavy (non-hydrogen) atoms. The monoisotopic (exact) mass is 421 g/mol. The molecule has 0 aliphatic heterocycles. The highest BCUT2D eigenvalue weighted by Gasteiger charge is 2.29. The van der Waals surface area contributed by atoms with Gasteiger partial charge in [0.05, 0.1) is 5.52 Å². The minimum atomic E-state index is -0.436. The molecule has 2 aromatic heterocycles. The summed E-state index contributed by atoms with van der Waals surface area (Å²) in [4.78, 5) is 17.5. The van der Waals surface area contributed by atoms with Crippen molar-refractivity contribution in [3.63, 3.8) is 0 Å². The van der Waals surface area contributed by atoms with Crippen molar-refractivity contribution < 1.29 is 14.1 Å². The molecule has 0 spiro atoms. The van der Waals surface area contributed by atoms with E-state index in [4.69, 9.17) is 9.26 Å². The van der Waals surface area contributed by atoms with E-state index in [1.54, 1.807) is 13.1 Å². The molecule has 0 unspecified atom stereocenters. The van der Waals surface area contributed by atoms with Crippen LogP contribution in [0.25, 0.3) is 33.4 Å². The Morgan fingerprint density at radius 3 is 2.28 bits per heavy atom. The zero-order valence-corrected chi connectivity index (χ0v) is 17.4. The molecule has 5 aromatic rings. The standard InChI is InChI=1S/C26H19N3O3/c1-16-27-25(28-32-16)22-14-29(24-13-7-6-12-21(22)24)26(30)31-15-23-19-10-4-2-8-17(19)18-9-3-5-11-20(18)23/h2-14,23H,15H2,1H3. The van der Waals surface area contributed by atoms with E-state index in [2.05, 4.69) is 34.4 Å². The van der Waals surface area contributed by atoms with Crippen LogP contribution in [0.2, 0.25) is 0 Å². The van der Waals surface area contributed by atoms with Gasteiger partial charge in [-0.25, -0.2) is 4.79 Å². The molecule has 0 atom stereocenters. The van der Waals surface area contributed by atoms with E-state index in [-0.39, 0.29) is 12.5 Å². The van der Waals surface area contributed by atoms with Gasteiger partial charge in [0, 0.05) is 30.0 Å². The van der Waals surface area contributed by atoms with Gasteiger partial charge in [0.2, 0.25) is 11.7 Å². The van der Waals surface area contributed by atoms with Crippen molar-refractivity contribution in [3.05, 3.63) is 96.0 Å². The fourth-order valence-electron chi connectivity index (χ4n) is 4.58. The molecule has 6 heteroatoms. The molecular weight excluding hydrogens is 402 g/mol. The summed E-state index contributed by atoms with van der Waals surface area (Å²) >= 11 is 0. The lowest BCUT2D eigenvalue weighted by atomic mass is 9.98. The van der Waals surface area contributed by atoms with E-state index in [0.29, 0.717) is 11.7 Å². The van der Waals surface area contributed by atoms with Gasteiger partial charge in [0.15, 0.2) is 0 Å². The van der Waals surface area contributed by atoms with Crippen molar-refractivity contribution in [3.8, 4) is 22.5 Å². The molecule has 0 saturated carbocycles. The topological polar surface area (TPSA) is 70.2 Å². The third-order valence-electron chi connectivity index (χ3n) is 6.01. The third kappa shape index (κ3) is 2.84. The number of aryl methyl sites for hydroxylation is 1. The van der Waals surface area contributed by atoms with Gasteiger partial charge in [-0.3, -0.25) is 4.57 Å². The van der Waals surface area contributed by atoms with Crippen molar-refractivity contribution in [1.82, 2.24) is 14.7 Å². The minimum absolute atomic E-state index is 0.00695. The number of ether oxygens (including phenoxy) is 1. The average Bonchev–Trinajstić information content (AvgIpc) is 3.51. The summed E-state index contributed by atoms with van der Waals surface area (Å²) in [6, 6.07) is 24.2. The Labute approximate surface area is 184 Å². The van der Waals surface area contributed by atoms with Crippen LogP contribution in [0.1, 0.15) is 22.9 Å². The maximum atomic E-state index is 13.2. The first kappa shape index (κ1) is 18.6. The number of hydrogen-bond donors (Lipinski definition) is 0. The lowest BCUT2D eigenvalue weighted by molar-refractivity contribution is 0.145. The number of carbonyl (C=O) groups excluding carboxylic acids is 1. The predicted octanol–water partition coefficient (Wildman–Crippen LogP) is 5.80. The van der Waals surface area contributed by atoms with E-state index in [1.807, 2.05) is 48.5 Å². The van der Waals surface area contributed by atoms with Crippen LogP contribution in [0, 0.1) is 6.92 Å². The molecule has 1 aliphatic rings. The number of benzene rings is 3. The maximum Gasteiger partial charge on any atom is 0.418 e. The number of carbonyl (C=O) groups is 1. The quantitative estimate of drug-likeness (QED) is 0.368. The van der Waals surface area contributed by atoms with Crippen LogP contribution >= 0.6 is 0 Å². The summed E-state index contributed by atoms with van der Waals surface area (Å²) in [6.07, 6.45) is 1.28. The predicted molar refractivity (Wildman–Crippen MR) is 120 cm³/mol. The van der Waals surface area contributed by atoms with Crippen molar-refractivity contribution in [2.24, 2.45) is 0 Å². The molecule has 2 heterocycles. The largest absolute Gasteiger partial charge is 0.448 e. The minimum Gasteiger partial charge on any atom is -0.448 e. The van der Waals surface area contributed by atoms with Gasteiger partial charge in [-0.15, -0.1) is 0 Å². The summed E-state index contributed by atoms with van der Waals surface area (Å²) in [5, 5.41) is 4.88. The number of nitrogens with zero attached hydrogens (tertiary/aromatic N) is 3. The lowest BCUT2D eigenvalue weighted by Gasteiger charge is -2.14. The van der Waals surface area contributed by atoms with Gasteiger partial charge in [-0.2, -0.15) is 4.98 Å². The highest BCUT2D eigenvalue weighted by molar-refractivity contribution is 5.99. The van der Waals surface area contributed by atoms with Crippen molar-refractivity contribution in [2.75, 3.05) is 6.61 Å². The fraction of sp³-hybridized carbons (Fsp3) is 0.115. The normalized spacial score (nSPS) is 12.7. The van der Waals surface area contributed by atoms with E-state index in [0.717, 1.165) is 16.5 Å². The molecule has 0 bridgehead atoms. The van der Waals surface area contributed by atoms with Gasteiger partial charge in [0.25, 0.3) is 0 Å². The van der Waals surface area contributed by atoms with Crippen molar-refractivity contribution in [2.45, 2.75) is 12.8 Å². The second-order valence-electron chi connectivity index (χ2n) is 7.87. The van der Waals surface area contributed by atoms with Crippen LogP contribution < -0.4 is 0 Å². The molecule has 0 fully saturated rings. The second kappa shape index (κ2) is 7.20. The molecule has 6 nitrogen and oxygen atoms in total. The number of aromatic nitrogens is 3. The molecule has 0 saturated heterocycles. The Hall–Kier alpha value is -4.19. The molecule has 3 aromatic carbocycles. The van der Waals surface area contributed by atoms with Gasteiger partial charge in [-0.05, 0) is 28.3 Å². The number of rotatable bonds is 3.